The lowest BCUT2D eigenvalue weighted by Gasteiger charge is -2.35. The number of aromatic hydroxyl groups is 1. The Bertz CT molecular complexity index is 427. The molecule has 0 saturated carbocycles. The van der Waals surface area contributed by atoms with Gasteiger partial charge in [-0.2, -0.15) is 0 Å². The van der Waals surface area contributed by atoms with Crippen LogP contribution in [0, 0.1) is 0 Å². The first kappa shape index (κ1) is 14.7. The van der Waals surface area contributed by atoms with Gasteiger partial charge >= 0.3 is 0 Å². The molecule has 0 aliphatic heterocycles. The number of benzene rings is 1. The number of rotatable bonds is 5. The zero-order valence-corrected chi connectivity index (χ0v) is 12.7. The van der Waals surface area contributed by atoms with Crippen molar-refractivity contribution in [3.63, 3.8) is 0 Å². The summed E-state index contributed by atoms with van der Waals surface area (Å²) >= 11 is 6.20. The third kappa shape index (κ3) is 3.24. The summed E-state index contributed by atoms with van der Waals surface area (Å²) in [5, 5.41) is 10.2. The van der Waals surface area contributed by atoms with E-state index in [1.54, 1.807) is 6.07 Å². The number of hydrogen-bond donors (Lipinski definition) is 1. The van der Waals surface area contributed by atoms with E-state index in [9.17, 15) is 5.11 Å². The quantitative estimate of drug-likeness (QED) is 0.881. The predicted molar refractivity (Wildman–Crippen MR) is 81.1 cm³/mol. The molecule has 1 aliphatic carbocycles. The minimum absolute atomic E-state index is 0.220. The zero-order valence-electron chi connectivity index (χ0n) is 12.0. The predicted octanol–water partition coefficient (Wildman–Crippen LogP) is 4.02. The average Bonchev–Trinajstić information content (AvgIpc) is 2.42. The molecule has 2 nitrogen and oxygen atoms in total. The molecule has 0 radical (unpaired) electrons. The van der Waals surface area contributed by atoms with Crippen LogP contribution in [0.4, 0.5) is 0 Å². The van der Waals surface area contributed by atoms with Crippen molar-refractivity contribution in [1.29, 1.82) is 0 Å². The number of phenolic OH excluding ortho intramolecular Hbond substituents is 1. The van der Waals surface area contributed by atoms with Crippen LogP contribution >= 0.6 is 11.6 Å². The highest BCUT2D eigenvalue weighted by Crippen LogP contribution is 2.35. The van der Waals surface area contributed by atoms with Crippen molar-refractivity contribution in [2.24, 2.45) is 0 Å². The molecule has 1 aliphatic rings. The minimum Gasteiger partial charge on any atom is -0.506 e. The second-order valence-electron chi connectivity index (χ2n) is 5.47. The molecule has 3 heteroatoms. The lowest BCUT2D eigenvalue weighted by molar-refractivity contribution is 0.180. The van der Waals surface area contributed by atoms with Crippen LogP contribution in [0.5, 0.6) is 5.75 Å². The van der Waals surface area contributed by atoms with Crippen molar-refractivity contribution >= 4 is 11.6 Å². The van der Waals surface area contributed by atoms with Gasteiger partial charge in [-0.3, -0.25) is 0 Å². The van der Waals surface area contributed by atoms with Gasteiger partial charge in [-0.1, -0.05) is 31.5 Å². The Balaban J connectivity index is 2.15. The van der Waals surface area contributed by atoms with Crippen LogP contribution in [0.3, 0.4) is 0 Å². The van der Waals surface area contributed by atoms with Crippen LogP contribution in [0.25, 0.3) is 0 Å². The molecule has 0 heterocycles. The molecule has 106 valence electrons. The van der Waals surface area contributed by atoms with Crippen LogP contribution in [0.2, 0.25) is 5.02 Å². The molecule has 2 rings (SSSR count). The molecule has 0 saturated heterocycles. The van der Waals surface area contributed by atoms with E-state index in [0.29, 0.717) is 11.1 Å². The molecule has 0 amide bonds. The SMILES string of the molecule is CCCN(CCC)C1CCc2c(ccc(O)c2Cl)C1. The largest absolute Gasteiger partial charge is 0.506 e. The van der Waals surface area contributed by atoms with E-state index in [1.165, 1.54) is 31.5 Å². The Morgan fingerprint density at radius 3 is 2.58 bits per heavy atom. The first-order valence-electron chi connectivity index (χ1n) is 7.40. The summed E-state index contributed by atoms with van der Waals surface area (Å²) in [6.45, 7) is 6.85. The van der Waals surface area contributed by atoms with Gasteiger partial charge in [-0.15, -0.1) is 0 Å². The van der Waals surface area contributed by atoms with Crippen LogP contribution in [-0.4, -0.2) is 29.1 Å². The smallest absolute Gasteiger partial charge is 0.134 e. The van der Waals surface area contributed by atoms with Crippen molar-refractivity contribution in [2.75, 3.05) is 13.1 Å². The summed E-state index contributed by atoms with van der Waals surface area (Å²) in [4.78, 5) is 2.61. The number of nitrogens with zero attached hydrogens (tertiary/aromatic N) is 1. The molecular weight excluding hydrogens is 258 g/mol. The molecule has 1 atom stereocenters. The minimum atomic E-state index is 0.220. The van der Waals surface area contributed by atoms with Crippen molar-refractivity contribution in [1.82, 2.24) is 4.90 Å². The van der Waals surface area contributed by atoms with Crippen molar-refractivity contribution in [3.05, 3.63) is 28.3 Å². The van der Waals surface area contributed by atoms with Gasteiger partial charge in [0.1, 0.15) is 5.75 Å². The van der Waals surface area contributed by atoms with E-state index < -0.39 is 0 Å². The maximum Gasteiger partial charge on any atom is 0.134 e. The molecule has 0 aromatic heterocycles. The molecule has 1 unspecified atom stereocenters. The average molecular weight is 282 g/mol. The molecular formula is C16H24ClNO. The summed E-state index contributed by atoms with van der Waals surface area (Å²) in [5.41, 5.74) is 2.47. The first-order valence-corrected chi connectivity index (χ1v) is 7.78. The second-order valence-corrected chi connectivity index (χ2v) is 5.85. The number of halogens is 1. The van der Waals surface area contributed by atoms with Crippen molar-refractivity contribution in [2.45, 2.75) is 52.0 Å². The maximum absolute atomic E-state index is 9.68. The van der Waals surface area contributed by atoms with Crippen molar-refractivity contribution < 1.29 is 5.11 Å². The van der Waals surface area contributed by atoms with Gasteiger partial charge in [0.05, 0.1) is 5.02 Å². The maximum atomic E-state index is 9.68. The highest BCUT2D eigenvalue weighted by Gasteiger charge is 2.25. The van der Waals surface area contributed by atoms with E-state index in [4.69, 9.17) is 11.6 Å². The Hall–Kier alpha value is -0.730. The van der Waals surface area contributed by atoms with Gasteiger partial charge in [0.2, 0.25) is 0 Å². The molecule has 1 aromatic rings. The van der Waals surface area contributed by atoms with Crippen LogP contribution < -0.4 is 0 Å². The van der Waals surface area contributed by atoms with Crippen LogP contribution in [-0.2, 0) is 12.8 Å². The van der Waals surface area contributed by atoms with E-state index in [0.717, 1.165) is 24.8 Å². The Labute approximate surface area is 121 Å². The van der Waals surface area contributed by atoms with Gasteiger partial charge in [0.25, 0.3) is 0 Å². The van der Waals surface area contributed by atoms with E-state index >= 15 is 0 Å². The number of hydrogen-bond acceptors (Lipinski definition) is 2. The summed E-state index contributed by atoms with van der Waals surface area (Å²) in [6, 6.07) is 4.40. The topological polar surface area (TPSA) is 23.5 Å². The van der Waals surface area contributed by atoms with Crippen LogP contribution in [0.15, 0.2) is 12.1 Å². The lowest BCUT2D eigenvalue weighted by atomic mass is 9.87. The fourth-order valence-corrected chi connectivity index (χ4v) is 3.42. The Morgan fingerprint density at radius 2 is 1.95 bits per heavy atom. The molecule has 0 spiro atoms. The summed E-state index contributed by atoms with van der Waals surface area (Å²) in [5.74, 6) is 0.220. The van der Waals surface area contributed by atoms with Gasteiger partial charge in [-0.25, -0.2) is 0 Å². The first-order chi connectivity index (χ1) is 9.17. The normalized spacial score (nSPS) is 18.6. The Kier molecular flexibility index (Phi) is 5.12. The summed E-state index contributed by atoms with van der Waals surface area (Å²) < 4.78 is 0. The molecule has 0 bridgehead atoms. The second kappa shape index (κ2) is 6.62. The highest BCUT2D eigenvalue weighted by molar-refractivity contribution is 6.32. The monoisotopic (exact) mass is 281 g/mol. The van der Waals surface area contributed by atoms with E-state index in [2.05, 4.69) is 18.7 Å². The van der Waals surface area contributed by atoms with Crippen molar-refractivity contribution in [3.8, 4) is 5.75 Å². The summed E-state index contributed by atoms with van der Waals surface area (Å²) in [6.07, 6.45) is 5.61. The van der Waals surface area contributed by atoms with E-state index in [1.807, 2.05) is 6.07 Å². The molecule has 19 heavy (non-hydrogen) atoms. The number of phenols is 1. The fourth-order valence-electron chi connectivity index (χ4n) is 3.14. The van der Waals surface area contributed by atoms with Gasteiger partial charge < -0.3 is 10.0 Å². The van der Waals surface area contributed by atoms with Gasteiger partial charge in [0.15, 0.2) is 0 Å². The zero-order chi connectivity index (χ0) is 13.8. The molecule has 1 aromatic carbocycles. The standard InChI is InChI=1S/C16H24ClNO/c1-3-9-18(10-4-2)13-6-7-14-12(11-13)5-8-15(19)16(14)17/h5,8,13,19H,3-4,6-7,9-11H2,1-2H3. The van der Waals surface area contributed by atoms with Gasteiger partial charge in [-0.05, 0) is 62.4 Å². The highest BCUT2D eigenvalue weighted by atomic mass is 35.5. The van der Waals surface area contributed by atoms with E-state index in [-0.39, 0.29) is 5.75 Å². The fraction of sp³-hybridized carbons (Fsp3) is 0.625. The summed E-state index contributed by atoms with van der Waals surface area (Å²) in [7, 11) is 0. The third-order valence-electron chi connectivity index (χ3n) is 4.04. The number of fused-ring (bicyclic) bond motifs is 1. The lowest BCUT2D eigenvalue weighted by Crippen LogP contribution is -2.40. The molecule has 0 fully saturated rings. The van der Waals surface area contributed by atoms with Gasteiger partial charge in [0, 0.05) is 6.04 Å². The van der Waals surface area contributed by atoms with Crippen LogP contribution in [0.1, 0.15) is 44.2 Å². The third-order valence-corrected chi connectivity index (χ3v) is 4.46. The molecule has 1 N–H and O–H groups in total. The Morgan fingerprint density at radius 1 is 1.26 bits per heavy atom.